The van der Waals surface area contributed by atoms with Crippen LogP contribution in [0.2, 0.25) is 10.0 Å². The van der Waals surface area contributed by atoms with E-state index in [4.69, 9.17) is 23.2 Å². The maximum Gasteiger partial charge on any atom is 0.227 e. The Morgan fingerprint density at radius 1 is 1.21 bits per heavy atom. The van der Waals surface area contributed by atoms with Gasteiger partial charge in [-0.1, -0.05) is 47.8 Å². The van der Waals surface area contributed by atoms with Crippen molar-refractivity contribution in [2.24, 2.45) is 0 Å². The van der Waals surface area contributed by atoms with E-state index in [0.717, 1.165) is 30.5 Å². The number of amides is 1. The first-order valence-corrected chi connectivity index (χ1v) is 10.3. The summed E-state index contributed by atoms with van der Waals surface area (Å²) in [5.41, 5.74) is 1.78. The van der Waals surface area contributed by atoms with Gasteiger partial charge in [-0.2, -0.15) is 0 Å². The molecule has 2 unspecified atom stereocenters. The van der Waals surface area contributed by atoms with Gasteiger partial charge in [-0.25, -0.2) is 0 Å². The van der Waals surface area contributed by atoms with Gasteiger partial charge in [-0.15, -0.1) is 0 Å². The number of carbonyl (C=O) groups is 1. The number of hydrogen-bond donors (Lipinski definition) is 1. The largest absolute Gasteiger partial charge is 0.508 e. The topological polar surface area (TPSA) is 43.8 Å². The number of carbonyl (C=O) groups excluding carboxylic acids is 1. The smallest absolute Gasteiger partial charge is 0.227 e. The highest BCUT2D eigenvalue weighted by atomic mass is 35.5. The zero-order valence-electron chi connectivity index (χ0n) is 16.2. The molecule has 150 valence electrons. The van der Waals surface area contributed by atoms with E-state index in [-0.39, 0.29) is 30.2 Å². The number of likely N-dealkylation sites (tertiary alicyclic amines) is 1. The molecule has 1 aliphatic heterocycles. The molecular formula is C22H26Cl2N2O2. The molecule has 1 fully saturated rings. The van der Waals surface area contributed by atoms with Gasteiger partial charge < -0.3 is 14.9 Å². The Hall–Kier alpha value is -1.75. The fraction of sp³-hybridized carbons (Fsp3) is 0.409. The minimum atomic E-state index is -0.132. The lowest BCUT2D eigenvalue weighted by molar-refractivity contribution is -0.133. The van der Waals surface area contributed by atoms with E-state index in [2.05, 4.69) is 11.9 Å². The Morgan fingerprint density at radius 2 is 2.00 bits per heavy atom. The van der Waals surface area contributed by atoms with Crippen LogP contribution in [-0.4, -0.2) is 47.5 Å². The Morgan fingerprint density at radius 3 is 2.68 bits per heavy atom. The molecule has 1 amide bonds. The third kappa shape index (κ3) is 4.80. The Kier molecular flexibility index (Phi) is 6.86. The Balaban J connectivity index is 1.87. The van der Waals surface area contributed by atoms with Gasteiger partial charge in [-0.3, -0.25) is 4.79 Å². The standard InChI is InChI=1S/C22H26Cl2N2O2/c1-25-11-4-3-8-20(25)22(16-6-5-7-17(27)14-16)26(2)21(28)13-15-9-10-18(23)19(24)12-15/h5-7,9-10,12,14,20,22,27H,3-4,8,11,13H2,1-2H3. The molecule has 0 spiro atoms. The minimum Gasteiger partial charge on any atom is -0.508 e. The molecule has 2 atom stereocenters. The number of rotatable bonds is 5. The van der Waals surface area contributed by atoms with Gasteiger partial charge in [-0.05, 0) is 61.8 Å². The molecule has 0 aliphatic carbocycles. The van der Waals surface area contributed by atoms with E-state index in [1.807, 2.05) is 30.1 Å². The van der Waals surface area contributed by atoms with Crippen molar-refractivity contribution in [1.82, 2.24) is 9.80 Å². The summed E-state index contributed by atoms with van der Waals surface area (Å²) in [5.74, 6) is 0.219. The van der Waals surface area contributed by atoms with Crippen molar-refractivity contribution in [3.8, 4) is 5.75 Å². The summed E-state index contributed by atoms with van der Waals surface area (Å²) in [6.07, 6.45) is 3.57. The molecule has 2 aromatic rings. The number of phenols is 1. The zero-order valence-corrected chi connectivity index (χ0v) is 17.7. The second-order valence-electron chi connectivity index (χ2n) is 7.51. The number of halogens is 2. The first kappa shape index (κ1) is 21.0. The minimum absolute atomic E-state index is 0.00528. The fourth-order valence-electron chi connectivity index (χ4n) is 4.02. The first-order chi connectivity index (χ1) is 13.4. The van der Waals surface area contributed by atoms with E-state index < -0.39 is 0 Å². The maximum atomic E-state index is 13.1. The molecule has 3 rings (SSSR count). The number of hydrogen-bond acceptors (Lipinski definition) is 3. The lowest BCUT2D eigenvalue weighted by atomic mass is 9.89. The summed E-state index contributed by atoms with van der Waals surface area (Å²) in [6, 6.07) is 12.6. The number of piperidine rings is 1. The fourth-order valence-corrected chi connectivity index (χ4v) is 4.34. The van der Waals surface area contributed by atoms with Crippen LogP contribution < -0.4 is 0 Å². The highest BCUT2D eigenvalue weighted by molar-refractivity contribution is 6.42. The highest BCUT2D eigenvalue weighted by Crippen LogP contribution is 2.34. The van der Waals surface area contributed by atoms with Gasteiger partial charge in [0.1, 0.15) is 5.75 Å². The Labute approximate surface area is 176 Å². The van der Waals surface area contributed by atoms with Crippen LogP contribution in [0.4, 0.5) is 0 Å². The van der Waals surface area contributed by atoms with Gasteiger partial charge in [0.2, 0.25) is 5.91 Å². The molecule has 1 saturated heterocycles. The van der Waals surface area contributed by atoms with Crippen LogP contribution >= 0.6 is 23.2 Å². The van der Waals surface area contributed by atoms with Crippen molar-refractivity contribution in [3.63, 3.8) is 0 Å². The van der Waals surface area contributed by atoms with Crippen molar-refractivity contribution in [2.45, 2.75) is 37.8 Å². The SMILES string of the molecule is CN1CCCCC1C(c1cccc(O)c1)N(C)C(=O)Cc1ccc(Cl)c(Cl)c1. The Bertz CT molecular complexity index is 843. The van der Waals surface area contributed by atoms with Crippen LogP contribution in [0.3, 0.4) is 0 Å². The molecule has 0 radical (unpaired) electrons. The van der Waals surface area contributed by atoms with Crippen LogP contribution in [0, 0.1) is 0 Å². The molecule has 2 aromatic carbocycles. The van der Waals surface area contributed by atoms with Crippen molar-refractivity contribution in [1.29, 1.82) is 0 Å². The molecule has 0 bridgehead atoms. The van der Waals surface area contributed by atoms with E-state index in [1.54, 1.807) is 24.3 Å². The van der Waals surface area contributed by atoms with Crippen molar-refractivity contribution in [2.75, 3.05) is 20.6 Å². The summed E-state index contributed by atoms with van der Waals surface area (Å²) in [4.78, 5) is 17.3. The monoisotopic (exact) mass is 420 g/mol. The average Bonchev–Trinajstić information content (AvgIpc) is 2.66. The van der Waals surface area contributed by atoms with Gasteiger partial charge in [0.05, 0.1) is 22.5 Å². The third-order valence-electron chi connectivity index (χ3n) is 5.55. The second kappa shape index (κ2) is 9.17. The molecule has 28 heavy (non-hydrogen) atoms. The predicted octanol–water partition coefficient (Wildman–Crippen LogP) is 4.93. The van der Waals surface area contributed by atoms with E-state index in [1.165, 1.54) is 6.42 Å². The van der Waals surface area contributed by atoms with Crippen molar-refractivity contribution in [3.05, 3.63) is 63.6 Å². The lowest BCUT2D eigenvalue weighted by Gasteiger charge is -2.42. The summed E-state index contributed by atoms with van der Waals surface area (Å²) in [6.45, 7) is 1.01. The number of phenolic OH excluding ortho intramolecular Hbond substituents is 1. The van der Waals surface area contributed by atoms with Crippen LogP contribution in [0.1, 0.15) is 36.4 Å². The summed E-state index contributed by atoms with van der Waals surface area (Å²) < 4.78 is 0. The molecule has 0 aromatic heterocycles. The van der Waals surface area contributed by atoms with E-state index >= 15 is 0 Å². The van der Waals surface area contributed by atoms with Crippen molar-refractivity contribution < 1.29 is 9.90 Å². The molecule has 0 saturated carbocycles. The molecule has 1 heterocycles. The zero-order chi connectivity index (χ0) is 20.3. The predicted molar refractivity (Wildman–Crippen MR) is 114 cm³/mol. The number of aromatic hydroxyl groups is 1. The number of nitrogens with zero attached hydrogens (tertiary/aromatic N) is 2. The van der Waals surface area contributed by atoms with Crippen LogP contribution in [0.15, 0.2) is 42.5 Å². The maximum absolute atomic E-state index is 13.1. The van der Waals surface area contributed by atoms with Gasteiger partial charge >= 0.3 is 0 Å². The van der Waals surface area contributed by atoms with Gasteiger partial charge in [0.15, 0.2) is 0 Å². The third-order valence-corrected chi connectivity index (χ3v) is 6.29. The summed E-state index contributed by atoms with van der Waals surface area (Å²) >= 11 is 12.1. The normalized spacial score (nSPS) is 18.6. The second-order valence-corrected chi connectivity index (χ2v) is 8.33. The summed E-state index contributed by atoms with van der Waals surface area (Å²) in [7, 11) is 3.95. The molecule has 4 nitrogen and oxygen atoms in total. The lowest BCUT2D eigenvalue weighted by Crippen LogP contribution is -2.48. The molecule has 6 heteroatoms. The average molecular weight is 421 g/mol. The molecule has 1 N–H and O–H groups in total. The van der Waals surface area contributed by atoms with Crippen LogP contribution in [0.25, 0.3) is 0 Å². The van der Waals surface area contributed by atoms with E-state index in [9.17, 15) is 9.90 Å². The van der Waals surface area contributed by atoms with Crippen LogP contribution in [0.5, 0.6) is 5.75 Å². The van der Waals surface area contributed by atoms with Gasteiger partial charge in [0.25, 0.3) is 0 Å². The number of likely N-dealkylation sites (N-methyl/N-ethyl adjacent to an activating group) is 2. The van der Waals surface area contributed by atoms with E-state index in [0.29, 0.717) is 10.0 Å². The summed E-state index contributed by atoms with van der Waals surface area (Å²) in [5, 5.41) is 10.9. The van der Waals surface area contributed by atoms with Crippen molar-refractivity contribution >= 4 is 29.1 Å². The molecular weight excluding hydrogens is 395 g/mol. The number of benzene rings is 2. The van der Waals surface area contributed by atoms with Gasteiger partial charge in [0, 0.05) is 13.1 Å². The first-order valence-electron chi connectivity index (χ1n) is 9.55. The quantitative estimate of drug-likeness (QED) is 0.745. The highest BCUT2D eigenvalue weighted by Gasteiger charge is 2.34. The molecule has 1 aliphatic rings. The van der Waals surface area contributed by atoms with Crippen LogP contribution in [-0.2, 0) is 11.2 Å².